The molecule has 78 valence electrons. The fraction of sp³-hybridized carbons (Fsp3) is 0.300. The first-order chi connectivity index (χ1) is 7.19. The van der Waals surface area contributed by atoms with Crippen LogP contribution in [-0.4, -0.2) is 19.7 Å². The van der Waals surface area contributed by atoms with Crippen molar-refractivity contribution in [3.8, 4) is 5.95 Å². The van der Waals surface area contributed by atoms with E-state index in [1.54, 1.807) is 10.9 Å². The van der Waals surface area contributed by atoms with E-state index in [2.05, 4.69) is 15.1 Å². The molecule has 0 fully saturated rings. The molecule has 5 heteroatoms. The van der Waals surface area contributed by atoms with E-state index in [0.29, 0.717) is 12.5 Å². The Kier molecular flexibility index (Phi) is 2.47. The predicted molar refractivity (Wildman–Crippen MR) is 56.5 cm³/mol. The van der Waals surface area contributed by atoms with Gasteiger partial charge in [0.1, 0.15) is 0 Å². The van der Waals surface area contributed by atoms with E-state index in [1.165, 1.54) is 0 Å². The van der Waals surface area contributed by atoms with Crippen LogP contribution in [0.4, 0.5) is 0 Å². The number of nitrogens with zero attached hydrogens (tertiary/aromatic N) is 4. The van der Waals surface area contributed by atoms with E-state index >= 15 is 0 Å². The van der Waals surface area contributed by atoms with Gasteiger partial charge in [0.15, 0.2) is 0 Å². The van der Waals surface area contributed by atoms with E-state index in [4.69, 9.17) is 5.73 Å². The molecule has 2 rings (SSSR count). The van der Waals surface area contributed by atoms with Crippen LogP contribution < -0.4 is 5.73 Å². The summed E-state index contributed by atoms with van der Waals surface area (Å²) in [4.78, 5) is 8.60. The van der Waals surface area contributed by atoms with Crippen LogP contribution in [0.25, 0.3) is 5.95 Å². The molecule has 0 spiro atoms. The van der Waals surface area contributed by atoms with Crippen molar-refractivity contribution in [2.45, 2.75) is 20.4 Å². The molecule has 0 unspecified atom stereocenters. The molecule has 2 aromatic heterocycles. The molecular weight excluding hydrogens is 190 g/mol. The average molecular weight is 203 g/mol. The quantitative estimate of drug-likeness (QED) is 0.781. The summed E-state index contributed by atoms with van der Waals surface area (Å²) in [5, 5.41) is 4.15. The second-order valence-electron chi connectivity index (χ2n) is 3.47. The van der Waals surface area contributed by atoms with Crippen molar-refractivity contribution in [3.63, 3.8) is 0 Å². The third-order valence-corrected chi connectivity index (χ3v) is 2.02. The summed E-state index contributed by atoms with van der Waals surface area (Å²) in [6.07, 6.45) is 3.66. The van der Waals surface area contributed by atoms with Crippen LogP contribution >= 0.6 is 0 Å². The standard InChI is InChI=1S/C10H13N5/c1-7-5-12-15(6-7)10-13-8(2)3-9(4-11)14-10/h3,5-6H,4,11H2,1-2H3. The monoisotopic (exact) mass is 203 g/mol. The van der Waals surface area contributed by atoms with Gasteiger partial charge in [0.05, 0.1) is 11.9 Å². The first-order valence-corrected chi connectivity index (χ1v) is 4.75. The number of aromatic nitrogens is 4. The molecule has 15 heavy (non-hydrogen) atoms. The molecule has 0 saturated carbocycles. The van der Waals surface area contributed by atoms with Gasteiger partial charge < -0.3 is 5.73 Å². The van der Waals surface area contributed by atoms with Gasteiger partial charge in [0.2, 0.25) is 0 Å². The second-order valence-corrected chi connectivity index (χ2v) is 3.47. The fourth-order valence-electron chi connectivity index (χ4n) is 1.35. The Morgan fingerprint density at radius 2 is 2.13 bits per heavy atom. The Morgan fingerprint density at radius 3 is 2.73 bits per heavy atom. The Bertz CT molecular complexity index is 474. The van der Waals surface area contributed by atoms with Gasteiger partial charge in [-0.3, -0.25) is 0 Å². The lowest BCUT2D eigenvalue weighted by atomic mass is 10.3. The SMILES string of the molecule is Cc1cnn(-c2nc(C)cc(CN)n2)c1. The summed E-state index contributed by atoms with van der Waals surface area (Å²) in [6, 6.07) is 1.87. The highest BCUT2D eigenvalue weighted by Gasteiger charge is 2.04. The molecule has 0 bridgehead atoms. The number of aryl methyl sites for hydroxylation is 2. The van der Waals surface area contributed by atoms with Gasteiger partial charge in [-0.1, -0.05) is 0 Å². The molecule has 2 heterocycles. The van der Waals surface area contributed by atoms with Crippen molar-refractivity contribution in [2.24, 2.45) is 5.73 Å². The number of rotatable bonds is 2. The summed E-state index contributed by atoms with van der Waals surface area (Å²) in [6.45, 7) is 4.31. The van der Waals surface area contributed by atoms with Crippen molar-refractivity contribution in [1.82, 2.24) is 19.7 Å². The maximum Gasteiger partial charge on any atom is 0.251 e. The van der Waals surface area contributed by atoms with Crippen molar-refractivity contribution in [2.75, 3.05) is 0 Å². The maximum atomic E-state index is 5.55. The van der Waals surface area contributed by atoms with E-state index in [1.807, 2.05) is 26.1 Å². The van der Waals surface area contributed by atoms with Gasteiger partial charge in [0.25, 0.3) is 5.95 Å². The lowest BCUT2D eigenvalue weighted by molar-refractivity contribution is 0.782. The molecule has 0 aromatic carbocycles. The fourth-order valence-corrected chi connectivity index (χ4v) is 1.35. The third-order valence-electron chi connectivity index (χ3n) is 2.02. The van der Waals surface area contributed by atoms with Gasteiger partial charge in [-0.05, 0) is 25.5 Å². The molecule has 0 aliphatic rings. The van der Waals surface area contributed by atoms with Crippen LogP contribution in [0.5, 0.6) is 0 Å². The molecule has 2 N–H and O–H groups in total. The molecule has 0 radical (unpaired) electrons. The topological polar surface area (TPSA) is 69.6 Å². The minimum Gasteiger partial charge on any atom is -0.325 e. The van der Waals surface area contributed by atoms with E-state index < -0.39 is 0 Å². The van der Waals surface area contributed by atoms with Crippen LogP contribution in [0.15, 0.2) is 18.5 Å². The third kappa shape index (κ3) is 2.02. The summed E-state index contributed by atoms with van der Waals surface area (Å²) >= 11 is 0. The highest BCUT2D eigenvalue weighted by Crippen LogP contribution is 2.05. The molecule has 0 atom stereocenters. The van der Waals surface area contributed by atoms with Crippen LogP contribution in [-0.2, 0) is 6.54 Å². The Morgan fingerprint density at radius 1 is 1.33 bits per heavy atom. The largest absolute Gasteiger partial charge is 0.325 e. The highest BCUT2D eigenvalue weighted by molar-refractivity contribution is 5.19. The average Bonchev–Trinajstić information content (AvgIpc) is 2.64. The van der Waals surface area contributed by atoms with Gasteiger partial charge in [-0.2, -0.15) is 5.10 Å². The lowest BCUT2D eigenvalue weighted by Gasteiger charge is -2.03. The minimum atomic E-state index is 0.413. The first-order valence-electron chi connectivity index (χ1n) is 4.75. The van der Waals surface area contributed by atoms with Crippen molar-refractivity contribution >= 4 is 0 Å². The summed E-state index contributed by atoms with van der Waals surface area (Å²) in [5.41, 5.74) is 8.35. The van der Waals surface area contributed by atoms with E-state index in [9.17, 15) is 0 Å². The zero-order valence-corrected chi connectivity index (χ0v) is 8.81. The van der Waals surface area contributed by atoms with Crippen molar-refractivity contribution < 1.29 is 0 Å². The van der Waals surface area contributed by atoms with Gasteiger partial charge in [0, 0.05) is 18.4 Å². The van der Waals surface area contributed by atoms with E-state index in [-0.39, 0.29) is 0 Å². The number of nitrogens with two attached hydrogens (primary N) is 1. The molecule has 0 saturated heterocycles. The van der Waals surface area contributed by atoms with E-state index in [0.717, 1.165) is 17.0 Å². The first kappa shape index (κ1) is 9.79. The molecule has 2 aromatic rings. The Labute approximate surface area is 88.0 Å². The lowest BCUT2D eigenvalue weighted by Crippen LogP contribution is -2.08. The molecular formula is C10H13N5. The van der Waals surface area contributed by atoms with Crippen molar-refractivity contribution in [1.29, 1.82) is 0 Å². The maximum absolute atomic E-state index is 5.55. The Balaban J connectivity index is 2.48. The number of hydrogen-bond donors (Lipinski definition) is 1. The smallest absolute Gasteiger partial charge is 0.251 e. The number of hydrogen-bond acceptors (Lipinski definition) is 4. The minimum absolute atomic E-state index is 0.413. The van der Waals surface area contributed by atoms with Gasteiger partial charge >= 0.3 is 0 Å². The highest BCUT2D eigenvalue weighted by atomic mass is 15.3. The molecule has 0 aliphatic heterocycles. The summed E-state index contributed by atoms with van der Waals surface area (Å²) in [5.74, 6) is 0.573. The van der Waals surface area contributed by atoms with Crippen molar-refractivity contribution in [3.05, 3.63) is 35.4 Å². The summed E-state index contributed by atoms with van der Waals surface area (Å²) < 4.78 is 1.65. The normalized spacial score (nSPS) is 10.6. The zero-order valence-electron chi connectivity index (χ0n) is 8.81. The second kappa shape index (κ2) is 3.78. The molecule has 0 amide bonds. The summed E-state index contributed by atoms with van der Waals surface area (Å²) in [7, 11) is 0. The molecule has 5 nitrogen and oxygen atoms in total. The van der Waals surface area contributed by atoms with Crippen LogP contribution in [0, 0.1) is 13.8 Å². The van der Waals surface area contributed by atoms with Gasteiger partial charge in [-0.25, -0.2) is 14.6 Å². The zero-order chi connectivity index (χ0) is 10.8. The predicted octanol–water partition coefficient (Wildman–Crippen LogP) is 0.738. The van der Waals surface area contributed by atoms with Gasteiger partial charge in [-0.15, -0.1) is 0 Å². The van der Waals surface area contributed by atoms with Crippen LogP contribution in [0.3, 0.4) is 0 Å². The van der Waals surface area contributed by atoms with Crippen LogP contribution in [0.1, 0.15) is 17.0 Å². The Hall–Kier alpha value is -1.75. The van der Waals surface area contributed by atoms with Crippen LogP contribution in [0.2, 0.25) is 0 Å². The molecule has 0 aliphatic carbocycles.